The van der Waals surface area contributed by atoms with Crippen LogP contribution in [0.2, 0.25) is 0 Å². The number of carbonyl (C=O) groups is 1. The van der Waals surface area contributed by atoms with E-state index in [1.165, 1.54) is 32.1 Å². The molecule has 1 N–H and O–H groups in total. The molecule has 1 aromatic carbocycles. The Balaban J connectivity index is 1.36. The SMILES string of the molecule is Cc1nc(C2(O)CCCN(C(=O)CC3CCCCC3)CC2)sc1COc1ccccc1. The molecule has 2 fully saturated rings. The van der Waals surface area contributed by atoms with E-state index in [9.17, 15) is 9.90 Å². The van der Waals surface area contributed by atoms with Gasteiger partial charge in [-0.1, -0.05) is 37.5 Å². The fourth-order valence-corrected chi connectivity index (χ4v) is 5.90. The van der Waals surface area contributed by atoms with Gasteiger partial charge in [-0.2, -0.15) is 0 Å². The topological polar surface area (TPSA) is 62.7 Å². The van der Waals surface area contributed by atoms with E-state index >= 15 is 0 Å². The van der Waals surface area contributed by atoms with Gasteiger partial charge in [0.2, 0.25) is 5.91 Å². The van der Waals surface area contributed by atoms with Crippen molar-refractivity contribution in [3.63, 3.8) is 0 Å². The zero-order valence-electron chi connectivity index (χ0n) is 18.5. The molecular formula is C25H34N2O3S. The molecule has 2 aliphatic rings. The summed E-state index contributed by atoms with van der Waals surface area (Å²) in [7, 11) is 0. The third kappa shape index (κ3) is 5.66. The number of para-hydroxylation sites is 1. The number of likely N-dealkylation sites (tertiary alicyclic amines) is 1. The van der Waals surface area contributed by atoms with E-state index in [-0.39, 0.29) is 5.91 Å². The van der Waals surface area contributed by atoms with Crippen molar-refractivity contribution >= 4 is 17.2 Å². The summed E-state index contributed by atoms with van der Waals surface area (Å²) in [5.41, 5.74) is -0.0425. The Morgan fingerprint density at radius 2 is 1.94 bits per heavy atom. The summed E-state index contributed by atoms with van der Waals surface area (Å²) in [6.45, 7) is 3.78. The minimum Gasteiger partial charge on any atom is -0.488 e. The summed E-state index contributed by atoms with van der Waals surface area (Å²) in [4.78, 5) is 20.6. The highest BCUT2D eigenvalue weighted by molar-refractivity contribution is 7.11. The van der Waals surface area contributed by atoms with Crippen LogP contribution in [-0.2, 0) is 17.0 Å². The molecule has 31 heavy (non-hydrogen) atoms. The first-order valence-electron chi connectivity index (χ1n) is 11.7. The van der Waals surface area contributed by atoms with Gasteiger partial charge in [0.1, 0.15) is 23.0 Å². The number of nitrogens with zero attached hydrogens (tertiary/aromatic N) is 2. The second kappa shape index (κ2) is 10.1. The van der Waals surface area contributed by atoms with Crippen LogP contribution in [0.5, 0.6) is 5.75 Å². The highest BCUT2D eigenvalue weighted by atomic mass is 32.1. The molecular weight excluding hydrogens is 408 g/mol. The molecule has 6 heteroatoms. The van der Waals surface area contributed by atoms with Gasteiger partial charge in [-0.05, 0) is 50.7 Å². The largest absolute Gasteiger partial charge is 0.488 e. The van der Waals surface area contributed by atoms with Crippen molar-refractivity contribution in [2.24, 2.45) is 5.92 Å². The molecule has 1 unspecified atom stereocenters. The summed E-state index contributed by atoms with van der Waals surface area (Å²) in [6, 6.07) is 9.75. The number of amides is 1. The van der Waals surface area contributed by atoms with Gasteiger partial charge >= 0.3 is 0 Å². The summed E-state index contributed by atoms with van der Waals surface area (Å²) in [5, 5.41) is 12.2. The van der Waals surface area contributed by atoms with Crippen molar-refractivity contribution < 1.29 is 14.6 Å². The molecule has 0 spiro atoms. The van der Waals surface area contributed by atoms with Crippen LogP contribution in [-0.4, -0.2) is 34.0 Å². The van der Waals surface area contributed by atoms with E-state index in [0.717, 1.165) is 34.3 Å². The van der Waals surface area contributed by atoms with Gasteiger partial charge in [0.25, 0.3) is 0 Å². The number of benzene rings is 1. The quantitative estimate of drug-likeness (QED) is 0.668. The Hall–Kier alpha value is -1.92. The van der Waals surface area contributed by atoms with E-state index in [0.29, 0.717) is 38.3 Å². The predicted octanol–water partition coefficient (Wildman–Crippen LogP) is 5.20. The van der Waals surface area contributed by atoms with Crippen molar-refractivity contribution in [2.75, 3.05) is 13.1 Å². The van der Waals surface area contributed by atoms with Crippen LogP contribution in [0.4, 0.5) is 0 Å². The minimum atomic E-state index is -0.958. The lowest BCUT2D eigenvalue weighted by atomic mass is 9.86. The molecule has 1 aliphatic carbocycles. The molecule has 0 bridgehead atoms. The van der Waals surface area contributed by atoms with Gasteiger partial charge in [-0.15, -0.1) is 11.3 Å². The summed E-state index contributed by atoms with van der Waals surface area (Å²) in [6.07, 6.45) is 8.89. The van der Waals surface area contributed by atoms with Gasteiger partial charge in [0.05, 0.1) is 10.6 Å². The summed E-state index contributed by atoms with van der Waals surface area (Å²) < 4.78 is 5.89. The Morgan fingerprint density at radius 1 is 1.16 bits per heavy atom. The summed E-state index contributed by atoms with van der Waals surface area (Å²) >= 11 is 1.54. The third-order valence-corrected chi connectivity index (χ3v) is 8.08. The average Bonchev–Trinajstić information content (AvgIpc) is 3.04. The van der Waals surface area contributed by atoms with Crippen molar-refractivity contribution in [1.82, 2.24) is 9.88 Å². The maximum absolute atomic E-state index is 12.9. The molecule has 4 rings (SSSR count). The highest BCUT2D eigenvalue weighted by Gasteiger charge is 2.36. The van der Waals surface area contributed by atoms with Crippen molar-refractivity contribution in [2.45, 2.75) is 76.9 Å². The Labute approximate surface area is 189 Å². The first kappa shape index (κ1) is 22.3. The van der Waals surface area contributed by atoms with E-state index in [1.54, 1.807) is 11.3 Å². The molecule has 2 aromatic rings. The number of rotatable bonds is 6. The van der Waals surface area contributed by atoms with E-state index in [1.807, 2.05) is 42.2 Å². The smallest absolute Gasteiger partial charge is 0.222 e. The van der Waals surface area contributed by atoms with E-state index in [4.69, 9.17) is 9.72 Å². The first-order chi connectivity index (χ1) is 15.0. The molecule has 0 radical (unpaired) electrons. The number of aliphatic hydroxyl groups is 1. The van der Waals surface area contributed by atoms with Gasteiger partial charge in [-0.25, -0.2) is 4.98 Å². The number of aromatic nitrogens is 1. The molecule has 1 aliphatic heterocycles. The average molecular weight is 443 g/mol. The second-order valence-corrected chi connectivity index (χ2v) is 10.2. The van der Waals surface area contributed by atoms with Gasteiger partial charge < -0.3 is 14.7 Å². The summed E-state index contributed by atoms with van der Waals surface area (Å²) in [5.74, 6) is 1.65. The standard InChI is InChI=1S/C25H34N2O3S/c1-19-22(18-30-21-11-6-3-7-12-21)31-24(26-19)25(29)13-8-15-27(16-14-25)23(28)17-20-9-4-2-5-10-20/h3,6-7,11-12,20,29H,2,4-5,8-10,13-18H2,1H3. The number of aryl methyl sites for hydroxylation is 1. The number of hydrogen-bond donors (Lipinski definition) is 1. The van der Waals surface area contributed by atoms with Crippen LogP contribution in [0.1, 0.15) is 73.4 Å². The van der Waals surface area contributed by atoms with Crippen LogP contribution in [0.3, 0.4) is 0 Å². The van der Waals surface area contributed by atoms with Crippen LogP contribution < -0.4 is 4.74 Å². The molecule has 2 heterocycles. The van der Waals surface area contributed by atoms with Gasteiger partial charge in [0.15, 0.2) is 0 Å². The van der Waals surface area contributed by atoms with Crippen LogP contribution >= 0.6 is 11.3 Å². The minimum absolute atomic E-state index is 0.267. The zero-order valence-corrected chi connectivity index (χ0v) is 19.3. The number of ether oxygens (including phenoxy) is 1. The van der Waals surface area contributed by atoms with Gasteiger partial charge in [-0.3, -0.25) is 4.79 Å². The lowest BCUT2D eigenvalue weighted by Gasteiger charge is -2.27. The van der Waals surface area contributed by atoms with E-state index < -0.39 is 5.60 Å². The van der Waals surface area contributed by atoms with Gasteiger partial charge in [0, 0.05) is 25.9 Å². The maximum Gasteiger partial charge on any atom is 0.222 e. The first-order valence-corrected chi connectivity index (χ1v) is 12.5. The van der Waals surface area contributed by atoms with Crippen molar-refractivity contribution in [3.05, 3.63) is 45.9 Å². The lowest BCUT2D eigenvalue weighted by Crippen LogP contribution is -2.35. The number of hydrogen-bond acceptors (Lipinski definition) is 5. The third-order valence-electron chi connectivity index (χ3n) is 6.76. The fourth-order valence-electron chi connectivity index (χ4n) is 4.78. The van der Waals surface area contributed by atoms with Crippen LogP contribution in [0.15, 0.2) is 30.3 Å². The lowest BCUT2D eigenvalue weighted by molar-refractivity contribution is -0.132. The van der Waals surface area contributed by atoms with Crippen LogP contribution in [0.25, 0.3) is 0 Å². The predicted molar refractivity (Wildman–Crippen MR) is 123 cm³/mol. The molecule has 5 nitrogen and oxygen atoms in total. The fraction of sp³-hybridized carbons (Fsp3) is 0.600. The number of carbonyl (C=O) groups excluding carboxylic acids is 1. The van der Waals surface area contributed by atoms with Crippen molar-refractivity contribution in [3.8, 4) is 5.75 Å². The Bertz CT molecular complexity index is 863. The molecule has 168 valence electrons. The van der Waals surface area contributed by atoms with Crippen molar-refractivity contribution in [1.29, 1.82) is 0 Å². The maximum atomic E-state index is 12.9. The monoisotopic (exact) mass is 442 g/mol. The Morgan fingerprint density at radius 3 is 2.71 bits per heavy atom. The molecule has 1 aromatic heterocycles. The van der Waals surface area contributed by atoms with E-state index in [2.05, 4.69) is 0 Å². The number of thiazole rings is 1. The Kier molecular flexibility index (Phi) is 7.28. The zero-order chi connectivity index (χ0) is 21.7. The molecule has 1 amide bonds. The molecule has 1 atom stereocenters. The normalized spacial score (nSPS) is 22.8. The molecule has 1 saturated carbocycles. The van der Waals surface area contributed by atoms with Crippen LogP contribution in [0, 0.1) is 12.8 Å². The molecule has 1 saturated heterocycles. The highest BCUT2D eigenvalue weighted by Crippen LogP contribution is 2.37. The second-order valence-electron chi connectivity index (χ2n) is 9.10.